The number of aliphatic hydroxyl groups is 1. The van der Waals surface area contributed by atoms with Crippen LogP contribution in [-0.4, -0.2) is 5.11 Å². The van der Waals surface area contributed by atoms with Crippen molar-refractivity contribution in [3.05, 3.63) is 58.8 Å². The maximum absolute atomic E-state index is 9.65. The fourth-order valence-corrected chi connectivity index (χ4v) is 4.68. The van der Waals surface area contributed by atoms with Crippen LogP contribution in [0.25, 0.3) is 22.3 Å². The van der Waals surface area contributed by atoms with E-state index in [-0.39, 0.29) is 6.61 Å². The number of rotatable bonds is 1. The van der Waals surface area contributed by atoms with E-state index in [4.69, 9.17) is 0 Å². The van der Waals surface area contributed by atoms with Crippen molar-refractivity contribution in [1.82, 2.24) is 0 Å². The van der Waals surface area contributed by atoms with Gasteiger partial charge in [0.1, 0.15) is 0 Å². The van der Waals surface area contributed by atoms with Crippen LogP contribution in [0.2, 0.25) is 0 Å². The molecule has 1 aliphatic rings. The third kappa shape index (κ3) is 1.74. The van der Waals surface area contributed by atoms with E-state index in [9.17, 15) is 5.11 Å². The number of benzene rings is 2. The Balaban J connectivity index is 2.12. The lowest BCUT2D eigenvalue weighted by Gasteiger charge is -2.07. The Morgan fingerprint density at radius 3 is 2.20 bits per heavy atom. The van der Waals surface area contributed by atoms with Crippen molar-refractivity contribution in [3.8, 4) is 22.3 Å². The molecule has 1 nitrogen and oxygen atoms in total. The van der Waals surface area contributed by atoms with E-state index >= 15 is 0 Å². The average molecular weight is 296 g/mol. The molecule has 0 bridgehead atoms. The van der Waals surface area contributed by atoms with Crippen molar-refractivity contribution in [2.45, 2.75) is 16.4 Å². The molecule has 3 heteroatoms. The quantitative estimate of drug-likeness (QED) is 0.531. The highest BCUT2D eigenvalue weighted by molar-refractivity contribution is 7.99. The van der Waals surface area contributed by atoms with Gasteiger partial charge in [-0.2, -0.15) is 0 Å². The van der Waals surface area contributed by atoms with Crippen LogP contribution < -0.4 is 0 Å². The first-order valence-corrected chi connectivity index (χ1v) is 8.16. The Bertz CT molecular complexity index is 789. The Morgan fingerprint density at radius 2 is 1.45 bits per heavy atom. The molecule has 0 spiro atoms. The van der Waals surface area contributed by atoms with Crippen molar-refractivity contribution < 1.29 is 5.11 Å². The first-order valence-electron chi connectivity index (χ1n) is 6.46. The second-order valence-corrected chi connectivity index (χ2v) is 6.75. The van der Waals surface area contributed by atoms with Crippen molar-refractivity contribution in [3.63, 3.8) is 0 Å². The number of hydrogen-bond acceptors (Lipinski definition) is 3. The van der Waals surface area contributed by atoms with Crippen LogP contribution in [0.15, 0.2) is 63.7 Å². The molecular weight excluding hydrogens is 284 g/mol. The van der Waals surface area contributed by atoms with Crippen molar-refractivity contribution >= 4 is 23.1 Å². The first-order chi connectivity index (χ1) is 9.88. The minimum atomic E-state index is 0.0984. The molecule has 1 N–H and O–H groups in total. The summed E-state index contributed by atoms with van der Waals surface area (Å²) in [5, 5.41) is 11.8. The molecule has 0 radical (unpaired) electrons. The van der Waals surface area contributed by atoms with E-state index in [1.807, 2.05) is 0 Å². The van der Waals surface area contributed by atoms with Crippen LogP contribution >= 0.6 is 23.1 Å². The lowest BCUT2D eigenvalue weighted by molar-refractivity contribution is 0.286. The van der Waals surface area contributed by atoms with E-state index in [1.165, 1.54) is 32.0 Å². The average Bonchev–Trinajstić information content (AvgIpc) is 2.86. The second kappa shape index (κ2) is 4.77. The fourth-order valence-electron chi connectivity index (χ4n) is 2.67. The van der Waals surface area contributed by atoms with Gasteiger partial charge in [-0.05, 0) is 28.6 Å². The van der Waals surface area contributed by atoms with Gasteiger partial charge in [-0.15, -0.1) is 11.3 Å². The van der Waals surface area contributed by atoms with Gasteiger partial charge >= 0.3 is 0 Å². The summed E-state index contributed by atoms with van der Waals surface area (Å²) in [6, 6.07) is 16.9. The predicted molar refractivity (Wildman–Crippen MR) is 85.2 cm³/mol. The molecule has 4 rings (SSSR count). The lowest BCUT2D eigenvalue weighted by atomic mass is 9.97. The predicted octanol–water partition coefficient (Wildman–Crippen LogP) is 5.04. The Kier molecular flexibility index (Phi) is 2.91. The number of aliphatic hydroxyl groups excluding tert-OH is 1. The van der Waals surface area contributed by atoms with E-state index < -0.39 is 0 Å². The van der Waals surface area contributed by atoms with Crippen LogP contribution in [0, 0.1) is 0 Å². The molecule has 98 valence electrons. The maximum atomic E-state index is 9.65. The third-order valence-corrected chi connectivity index (χ3v) is 5.69. The molecule has 0 aliphatic carbocycles. The largest absolute Gasteiger partial charge is 0.391 e. The van der Waals surface area contributed by atoms with Gasteiger partial charge in [-0.25, -0.2) is 0 Å². The molecule has 0 unspecified atom stereocenters. The number of hydrogen-bond donors (Lipinski definition) is 1. The van der Waals surface area contributed by atoms with E-state index in [0.717, 1.165) is 4.88 Å². The highest BCUT2D eigenvalue weighted by Crippen LogP contribution is 2.50. The number of thiophene rings is 1. The summed E-state index contributed by atoms with van der Waals surface area (Å²) >= 11 is 3.45. The minimum Gasteiger partial charge on any atom is -0.391 e. The van der Waals surface area contributed by atoms with Crippen LogP contribution in [0.4, 0.5) is 0 Å². The van der Waals surface area contributed by atoms with Crippen molar-refractivity contribution in [1.29, 1.82) is 0 Å². The third-order valence-electron chi connectivity index (χ3n) is 3.56. The summed E-state index contributed by atoms with van der Waals surface area (Å²) in [5.74, 6) is 0. The van der Waals surface area contributed by atoms with Gasteiger partial charge in [0.15, 0.2) is 0 Å². The maximum Gasteiger partial charge on any atom is 0.0780 e. The van der Waals surface area contributed by atoms with E-state index in [0.29, 0.717) is 0 Å². The van der Waals surface area contributed by atoms with Crippen LogP contribution in [0.1, 0.15) is 4.88 Å². The van der Waals surface area contributed by atoms with Crippen LogP contribution in [0.3, 0.4) is 0 Å². The summed E-state index contributed by atoms with van der Waals surface area (Å²) in [6.07, 6.45) is 0. The topological polar surface area (TPSA) is 20.2 Å². The van der Waals surface area contributed by atoms with Gasteiger partial charge in [0, 0.05) is 25.8 Å². The molecule has 1 aromatic heterocycles. The van der Waals surface area contributed by atoms with E-state index in [1.54, 1.807) is 23.1 Å². The Labute approximate surface area is 125 Å². The molecular formula is C17H12OS2. The van der Waals surface area contributed by atoms with Crippen LogP contribution in [-0.2, 0) is 6.61 Å². The standard InChI is InChI=1S/C17H12OS2/c18-9-16-17-12-6-2-4-8-15(12)20-14-7-3-1-5-11(14)13(17)10-19-16/h1-8,10,18H,9H2. The minimum absolute atomic E-state index is 0.0984. The van der Waals surface area contributed by atoms with Gasteiger partial charge in [0.25, 0.3) is 0 Å². The van der Waals surface area contributed by atoms with Gasteiger partial charge in [0.2, 0.25) is 0 Å². The first kappa shape index (κ1) is 12.2. The summed E-state index contributed by atoms with van der Waals surface area (Å²) in [6.45, 7) is 0.0984. The molecule has 2 aromatic carbocycles. The summed E-state index contributed by atoms with van der Waals surface area (Å²) < 4.78 is 0. The van der Waals surface area contributed by atoms with Gasteiger partial charge in [0.05, 0.1) is 6.61 Å². The highest BCUT2D eigenvalue weighted by Gasteiger charge is 2.22. The summed E-state index contributed by atoms with van der Waals surface area (Å²) in [7, 11) is 0. The SMILES string of the molecule is OCc1scc2c1-c1ccccc1Sc1ccccc1-2. The molecule has 2 heterocycles. The zero-order valence-electron chi connectivity index (χ0n) is 10.7. The molecule has 0 atom stereocenters. The molecule has 0 amide bonds. The molecule has 3 aromatic rings. The van der Waals surface area contributed by atoms with Gasteiger partial charge in [-0.3, -0.25) is 0 Å². The summed E-state index contributed by atoms with van der Waals surface area (Å²) in [4.78, 5) is 3.58. The lowest BCUT2D eigenvalue weighted by Crippen LogP contribution is -1.86. The van der Waals surface area contributed by atoms with E-state index in [2.05, 4.69) is 53.9 Å². The molecule has 0 saturated carbocycles. The van der Waals surface area contributed by atoms with Gasteiger partial charge < -0.3 is 5.11 Å². The van der Waals surface area contributed by atoms with Gasteiger partial charge in [-0.1, -0.05) is 48.2 Å². The zero-order chi connectivity index (χ0) is 13.5. The summed E-state index contributed by atoms with van der Waals surface area (Å²) in [5.41, 5.74) is 4.94. The molecule has 0 saturated heterocycles. The monoisotopic (exact) mass is 296 g/mol. The molecule has 1 aliphatic heterocycles. The van der Waals surface area contributed by atoms with Crippen molar-refractivity contribution in [2.75, 3.05) is 0 Å². The normalized spacial score (nSPS) is 12.2. The van der Waals surface area contributed by atoms with Crippen molar-refractivity contribution in [2.24, 2.45) is 0 Å². The number of fused-ring (bicyclic) bond motifs is 5. The Hall–Kier alpha value is -1.55. The molecule has 0 fully saturated rings. The smallest absolute Gasteiger partial charge is 0.0780 e. The Morgan fingerprint density at radius 1 is 0.800 bits per heavy atom. The zero-order valence-corrected chi connectivity index (χ0v) is 12.3. The fraction of sp³-hybridized carbons (Fsp3) is 0.0588. The molecule has 20 heavy (non-hydrogen) atoms. The highest BCUT2D eigenvalue weighted by atomic mass is 32.2. The van der Waals surface area contributed by atoms with Crippen LogP contribution in [0.5, 0.6) is 0 Å². The second-order valence-electron chi connectivity index (χ2n) is 4.70.